The number of carbonyl (C=O) groups is 1. The summed E-state index contributed by atoms with van der Waals surface area (Å²) in [5.41, 5.74) is 11.9. The number of halogens is 1. The number of nitrogens with two attached hydrogens (primary N) is 2. The number of anilines is 2. The van der Waals surface area contributed by atoms with Gasteiger partial charge in [0.25, 0.3) is 0 Å². The van der Waals surface area contributed by atoms with Gasteiger partial charge < -0.3 is 26.7 Å². The van der Waals surface area contributed by atoms with Gasteiger partial charge in [-0.1, -0.05) is 11.6 Å². The number of ketones is 1. The van der Waals surface area contributed by atoms with E-state index in [-0.39, 0.29) is 32.9 Å². The van der Waals surface area contributed by atoms with Crippen molar-refractivity contribution in [2.24, 2.45) is 7.05 Å². The first kappa shape index (κ1) is 23.4. The Kier molecular flexibility index (Phi) is 5.61. The second kappa shape index (κ2) is 8.40. The molecule has 0 saturated carbocycles. The number of sulfonamides is 1. The number of piperidine rings is 1. The van der Waals surface area contributed by atoms with Gasteiger partial charge in [0.15, 0.2) is 22.5 Å². The number of fused-ring (bicyclic) bond motifs is 1. The Labute approximate surface area is 207 Å². The largest absolute Gasteiger partial charge is 0.382 e. The summed E-state index contributed by atoms with van der Waals surface area (Å²) in [6, 6.07) is 7.10. The molecule has 0 atom stereocenters. The predicted octanol–water partition coefficient (Wildman–Crippen LogP) is 1.23. The zero-order valence-electron chi connectivity index (χ0n) is 19.0. The van der Waals surface area contributed by atoms with E-state index in [2.05, 4.69) is 20.6 Å². The fraction of sp³-hybridized carbons (Fsp3) is 0.318. The third kappa shape index (κ3) is 4.17. The maximum Gasteiger partial charge on any atom is 0.243 e. The predicted molar refractivity (Wildman–Crippen MR) is 133 cm³/mol. The van der Waals surface area contributed by atoms with E-state index >= 15 is 0 Å². The van der Waals surface area contributed by atoms with E-state index in [1.165, 1.54) is 10.4 Å². The Morgan fingerprint density at radius 3 is 2.66 bits per heavy atom. The van der Waals surface area contributed by atoms with Gasteiger partial charge in [-0.25, -0.2) is 18.4 Å². The van der Waals surface area contributed by atoms with Gasteiger partial charge in [-0.15, -0.1) is 0 Å². The smallest absolute Gasteiger partial charge is 0.243 e. The van der Waals surface area contributed by atoms with Crippen LogP contribution in [0.1, 0.15) is 23.3 Å². The molecule has 2 aliphatic rings. The Morgan fingerprint density at radius 1 is 1.17 bits per heavy atom. The number of carbonyl (C=O) groups excluding carboxylic acids is 1. The molecule has 11 nitrogen and oxygen atoms in total. The van der Waals surface area contributed by atoms with Crippen LogP contribution in [-0.2, 0) is 17.1 Å². The summed E-state index contributed by atoms with van der Waals surface area (Å²) in [7, 11) is -1.69. The first-order chi connectivity index (χ1) is 16.6. The van der Waals surface area contributed by atoms with E-state index in [1.807, 2.05) is 29.9 Å². The second-order valence-corrected chi connectivity index (χ2v) is 11.2. The molecule has 0 radical (unpaired) electrons. The summed E-state index contributed by atoms with van der Waals surface area (Å²) in [4.78, 5) is 20.7. The van der Waals surface area contributed by atoms with E-state index in [0.717, 1.165) is 10.9 Å². The fourth-order valence-electron chi connectivity index (χ4n) is 4.57. The molecule has 3 aromatic rings. The fourth-order valence-corrected chi connectivity index (χ4v) is 6.18. The molecular weight excluding hydrogens is 492 g/mol. The van der Waals surface area contributed by atoms with E-state index in [0.29, 0.717) is 38.3 Å². The van der Waals surface area contributed by atoms with Crippen molar-refractivity contribution in [1.82, 2.24) is 29.5 Å². The molecule has 35 heavy (non-hydrogen) atoms. The first-order valence-corrected chi connectivity index (χ1v) is 12.8. The van der Waals surface area contributed by atoms with Crippen molar-refractivity contribution in [3.63, 3.8) is 0 Å². The lowest BCUT2D eigenvalue weighted by molar-refractivity contribution is 0.104. The Hall–Kier alpha value is -3.35. The van der Waals surface area contributed by atoms with Crippen LogP contribution in [-0.4, -0.2) is 58.2 Å². The van der Waals surface area contributed by atoms with Gasteiger partial charge in [-0.2, -0.15) is 4.31 Å². The Morgan fingerprint density at radius 2 is 1.91 bits per heavy atom. The number of hydrogen-bond acceptors (Lipinski definition) is 9. The molecular formula is C22H25ClN8O3S. The molecule has 2 fully saturated rings. The van der Waals surface area contributed by atoms with Crippen molar-refractivity contribution in [1.29, 1.82) is 0 Å². The first-order valence-electron chi connectivity index (χ1n) is 11.0. The van der Waals surface area contributed by atoms with Crippen LogP contribution in [0.5, 0.6) is 0 Å². The summed E-state index contributed by atoms with van der Waals surface area (Å²) in [6.07, 6.45) is 4.41. The molecule has 4 heterocycles. The van der Waals surface area contributed by atoms with Crippen LogP contribution < -0.4 is 22.1 Å². The van der Waals surface area contributed by atoms with E-state index in [9.17, 15) is 13.2 Å². The van der Waals surface area contributed by atoms with E-state index in [1.54, 1.807) is 12.1 Å². The van der Waals surface area contributed by atoms with E-state index in [4.69, 9.17) is 23.1 Å². The number of nitrogens with one attached hydrogen (secondary N) is 2. The number of aryl methyl sites for hydroxylation is 1. The molecule has 2 saturated heterocycles. The van der Waals surface area contributed by atoms with Crippen LogP contribution in [0.4, 0.5) is 11.6 Å². The summed E-state index contributed by atoms with van der Waals surface area (Å²) < 4.78 is 30.0. The Balaban J connectivity index is 1.27. The number of aromatic nitrogens is 3. The van der Waals surface area contributed by atoms with Crippen LogP contribution in [0.15, 0.2) is 47.3 Å². The highest BCUT2D eigenvalue weighted by atomic mass is 35.5. The second-order valence-electron chi connectivity index (χ2n) is 8.87. The van der Waals surface area contributed by atoms with Crippen molar-refractivity contribution in [2.45, 2.75) is 23.3 Å². The molecule has 0 unspecified atom stereocenters. The highest BCUT2D eigenvalue weighted by molar-refractivity contribution is 7.89. The summed E-state index contributed by atoms with van der Waals surface area (Å²) in [5, 5.41) is 7.32. The molecule has 6 N–H and O–H groups in total. The van der Waals surface area contributed by atoms with Crippen molar-refractivity contribution in [2.75, 3.05) is 31.1 Å². The minimum Gasteiger partial charge on any atom is -0.382 e. The van der Waals surface area contributed by atoms with Crippen LogP contribution in [0.2, 0.25) is 5.15 Å². The topological polar surface area (TPSA) is 161 Å². The minimum absolute atomic E-state index is 0.0464. The number of nitrogens with zero attached hydrogens (tertiary/aromatic N) is 4. The normalized spacial score (nSPS) is 19.2. The summed E-state index contributed by atoms with van der Waals surface area (Å²) in [6.45, 7) is 1.27. The molecule has 0 bridgehead atoms. The number of allylic oxidation sites excluding steroid dienone is 1. The highest BCUT2D eigenvalue weighted by Gasteiger charge is 2.42. The number of benzene rings is 1. The summed E-state index contributed by atoms with van der Waals surface area (Å²) >= 11 is 5.87. The highest BCUT2D eigenvalue weighted by Crippen LogP contribution is 2.31. The molecule has 13 heteroatoms. The lowest BCUT2D eigenvalue weighted by Gasteiger charge is -2.38. The molecule has 0 aliphatic carbocycles. The van der Waals surface area contributed by atoms with Gasteiger partial charge >= 0.3 is 0 Å². The third-order valence-electron chi connectivity index (χ3n) is 6.60. The monoisotopic (exact) mass is 516 g/mol. The van der Waals surface area contributed by atoms with Crippen LogP contribution in [0.3, 0.4) is 0 Å². The Bertz CT molecular complexity index is 1480. The van der Waals surface area contributed by atoms with Gasteiger partial charge in [0.2, 0.25) is 15.8 Å². The molecule has 184 valence electrons. The minimum atomic E-state index is -3.62. The number of hydrogen-bond donors (Lipinski definition) is 4. The maximum absolute atomic E-state index is 13.3. The number of nitrogen functional groups attached to an aromatic ring is 2. The van der Waals surface area contributed by atoms with Crippen molar-refractivity contribution < 1.29 is 13.2 Å². The summed E-state index contributed by atoms with van der Waals surface area (Å²) in [5.74, 6) is -0.112. The molecule has 5 rings (SSSR count). The molecule has 2 aromatic heterocycles. The average Bonchev–Trinajstić information content (AvgIpc) is 3.39. The SMILES string of the molecule is Cn1ccc2cc(S(=O)(=O)N3CCC4(CC3)CN/C(=C\C(=O)c3nc(Cl)c(N)nc3N)N4)ccc21. The van der Waals surface area contributed by atoms with Crippen LogP contribution in [0, 0.1) is 0 Å². The van der Waals surface area contributed by atoms with Crippen LogP contribution in [0.25, 0.3) is 10.9 Å². The lowest BCUT2D eigenvalue weighted by Crippen LogP contribution is -2.53. The van der Waals surface area contributed by atoms with Gasteiger partial charge in [0, 0.05) is 49.9 Å². The van der Waals surface area contributed by atoms with Gasteiger partial charge in [0.05, 0.1) is 10.4 Å². The van der Waals surface area contributed by atoms with Gasteiger partial charge in [0.1, 0.15) is 5.82 Å². The third-order valence-corrected chi connectivity index (χ3v) is 8.78. The van der Waals surface area contributed by atoms with Crippen molar-refractivity contribution in [3.05, 3.63) is 53.2 Å². The average molecular weight is 517 g/mol. The van der Waals surface area contributed by atoms with Crippen molar-refractivity contribution in [3.8, 4) is 0 Å². The van der Waals surface area contributed by atoms with Gasteiger partial charge in [-0.05, 0) is 37.1 Å². The lowest BCUT2D eigenvalue weighted by atomic mass is 9.89. The van der Waals surface area contributed by atoms with Gasteiger partial charge in [-0.3, -0.25) is 4.79 Å². The molecule has 2 aliphatic heterocycles. The molecule has 1 aromatic carbocycles. The maximum atomic E-state index is 13.3. The van der Waals surface area contributed by atoms with Crippen molar-refractivity contribution >= 4 is 49.9 Å². The molecule has 0 amide bonds. The van der Waals surface area contributed by atoms with Crippen LogP contribution >= 0.6 is 11.6 Å². The quantitative estimate of drug-likeness (QED) is 0.295. The zero-order chi connectivity index (χ0) is 25.0. The standard InChI is InChI=1S/C22H25ClN8O3S/c1-30-7-4-13-10-14(2-3-15(13)30)35(33,34)31-8-5-22(6-9-31)12-26-17(29-22)11-16(32)18-20(24)28-21(25)19(23)27-18/h2-4,7,10-11,26,29H,5-6,8-9,12H2,1H3,(H4,24,25,28)/b17-11+. The molecule has 1 spiro atoms. The number of rotatable bonds is 4. The zero-order valence-corrected chi connectivity index (χ0v) is 20.5. The van der Waals surface area contributed by atoms with E-state index < -0.39 is 15.8 Å².